The summed E-state index contributed by atoms with van der Waals surface area (Å²) < 4.78 is 6.69. The Morgan fingerprint density at radius 2 is 1.78 bits per heavy atom. The molecule has 1 saturated heterocycles. The number of carboxylic acid groups (broad SMARTS) is 1. The SMILES string of the molecule is COc1ccccc1CCNc1ccn(-c2ccc(C(N)=O)cc2N2CCN(C)CC2)c(=O)c1C(=O)O. The second-order valence-electron chi connectivity index (χ2n) is 8.93. The fourth-order valence-electron chi connectivity index (χ4n) is 4.50. The van der Waals surface area contributed by atoms with Gasteiger partial charge in [-0.05, 0) is 49.4 Å². The summed E-state index contributed by atoms with van der Waals surface area (Å²) >= 11 is 0. The lowest BCUT2D eigenvalue weighted by Gasteiger charge is -2.35. The number of primary amides is 1. The van der Waals surface area contributed by atoms with Crippen LogP contribution < -0.4 is 26.2 Å². The molecule has 194 valence electrons. The number of anilines is 2. The van der Waals surface area contributed by atoms with Crippen molar-refractivity contribution in [1.29, 1.82) is 0 Å². The number of amides is 1. The number of nitrogens with two attached hydrogens (primary N) is 1. The van der Waals surface area contributed by atoms with E-state index in [0.29, 0.717) is 43.0 Å². The maximum absolute atomic E-state index is 13.5. The van der Waals surface area contributed by atoms with Gasteiger partial charge in [0.1, 0.15) is 11.3 Å². The van der Waals surface area contributed by atoms with Gasteiger partial charge in [0.2, 0.25) is 5.91 Å². The Bertz CT molecular complexity index is 1360. The van der Waals surface area contributed by atoms with Crippen molar-refractivity contribution in [3.8, 4) is 11.4 Å². The monoisotopic (exact) mass is 505 g/mol. The van der Waals surface area contributed by atoms with Gasteiger partial charge < -0.3 is 30.7 Å². The molecule has 4 rings (SSSR count). The quantitative estimate of drug-likeness (QED) is 0.403. The van der Waals surface area contributed by atoms with E-state index >= 15 is 0 Å². The third-order valence-electron chi connectivity index (χ3n) is 6.57. The Balaban J connectivity index is 1.68. The topological polar surface area (TPSA) is 130 Å². The van der Waals surface area contributed by atoms with Gasteiger partial charge >= 0.3 is 5.97 Å². The zero-order valence-electron chi connectivity index (χ0n) is 20.9. The molecule has 4 N–H and O–H groups in total. The molecule has 1 fully saturated rings. The van der Waals surface area contributed by atoms with Crippen molar-refractivity contribution in [1.82, 2.24) is 9.47 Å². The predicted octanol–water partition coefficient (Wildman–Crippen LogP) is 2.05. The minimum Gasteiger partial charge on any atom is -0.496 e. The zero-order chi connectivity index (χ0) is 26.5. The van der Waals surface area contributed by atoms with Crippen LogP contribution >= 0.6 is 0 Å². The van der Waals surface area contributed by atoms with Crippen LogP contribution in [0.1, 0.15) is 26.3 Å². The summed E-state index contributed by atoms with van der Waals surface area (Å²) in [6, 6.07) is 14.0. The smallest absolute Gasteiger partial charge is 0.343 e. The van der Waals surface area contributed by atoms with E-state index in [4.69, 9.17) is 10.5 Å². The number of carbonyl (C=O) groups excluding carboxylic acids is 1. The van der Waals surface area contributed by atoms with Crippen LogP contribution in [-0.2, 0) is 6.42 Å². The molecule has 0 aliphatic carbocycles. The fourth-order valence-corrected chi connectivity index (χ4v) is 4.50. The number of hydrogen-bond acceptors (Lipinski definition) is 7. The largest absolute Gasteiger partial charge is 0.496 e. The highest BCUT2D eigenvalue weighted by Gasteiger charge is 2.23. The number of pyridine rings is 1. The van der Waals surface area contributed by atoms with Crippen LogP contribution in [0, 0.1) is 0 Å². The Morgan fingerprint density at radius 3 is 2.46 bits per heavy atom. The molecule has 37 heavy (non-hydrogen) atoms. The van der Waals surface area contributed by atoms with Gasteiger partial charge in [0.25, 0.3) is 5.56 Å². The number of hydrogen-bond donors (Lipinski definition) is 3. The lowest BCUT2D eigenvalue weighted by Crippen LogP contribution is -2.45. The number of piperazine rings is 1. The van der Waals surface area contributed by atoms with E-state index in [1.165, 1.54) is 4.57 Å². The molecule has 0 radical (unpaired) electrons. The van der Waals surface area contributed by atoms with Crippen molar-refractivity contribution in [2.75, 3.05) is 57.1 Å². The molecule has 2 heterocycles. The second kappa shape index (κ2) is 11.2. The first-order valence-electron chi connectivity index (χ1n) is 12.0. The van der Waals surface area contributed by atoms with Crippen molar-refractivity contribution in [3.63, 3.8) is 0 Å². The van der Waals surface area contributed by atoms with Gasteiger partial charge in [-0.1, -0.05) is 18.2 Å². The molecule has 0 unspecified atom stereocenters. The summed E-state index contributed by atoms with van der Waals surface area (Å²) in [4.78, 5) is 41.8. The van der Waals surface area contributed by atoms with Gasteiger partial charge in [0.05, 0.1) is 24.2 Å². The highest BCUT2D eigenvalue weighted by atomic mass is 16.5. The number of aromatic carboxylic acids is 1. The lowest BCUT2D eigenvalue weighted by atomic mass is 10.1. The number of rotatable bonds is 9. The summed E-state index contributed by atoms with van der Waals surface area (Å²) in [6.07, 6.45) is 2.13. The van der Waals surface area contributed by atoms with Gasteiger partial charge in [-0.3, -0.25) is 14.2 Å². The molecule has 0 atom stereocenters. The van der Waals surface area contributed by atoms with E-state index < -0.39 is 17.4 Å². The maximum Gasteiger partial charge on any atom is 0.343 e. The van der Waals surface area contributed by atoms with Crippen molar-refractivity contribution in [3.05, 3.63) is 81.8 Å². The number of likely N-dealkylation sites (N-methyl/N-ethyl adjacent to an activating group) is 1. The molecule has 1 aliphatic heterocycles. The summed E-state index contributed by atoms with van der Waals surface area (Å²) in [7, 11) is 3.63. The molecule has 0 bridgehead atoms. The molecular weight excluding hydrogens is 474 g/mol. The van der Waals surface area contributed by atoms with Crippen molar-refractivity contribution < 1.29 is 19.4 Å². The minimum absolute atomic E-state index is 0.235. The normalized spacial score (nSPS) is 13.8. The average Bonchev–Trinajstić information content (AvgIpc) is 2.89. The molecule has 3 aromatic rings. The number of nitrogens with zero attached hydrogens (tertiary/aromatic N) is 3. The average molecular weight is 506 g/mol. The van der Waals surface area contributed by atoms with Crippen LogP contribution in [-0.4, -0.2) is 73.3 Å². The third-order valence-corrected chi connectivity index (χ3v) is 6.57. The number of carboxylic acids is 1. The molecule has 10 heteroatoms. The first-order chi connectivity index (χ1) is 17.8. The lowest BCUT2D eigenvalue weighted by molar-refractivity contribution is 0.0695. The number of benzene rings is 2. The van der Waals surface area contributed by atoms with Crippen molar-refractivity contribution in [2.45, 2.75) is 6.42 Å². The molecule has 0 saturated carbocycles. The Hall–Kier alpha value is -4.31. The van der Waals surface area contributed by atoms with Gasteiger partial charge in [-0.25, -0.2) is 4.79 Å². The summed E-state index contributed by atoms with van der Waals surface area (Å²) in [5, 5.41) is 13.0. The van der Waals surface area contributed by atoms with Gasteiger partial charge in [0, 0.05) is 44.5 Å². The molecule has 1 aromatic heterocycles. The van der Waals surface area contributed by atoms with E-state index in [0.717, 1.165) is 24.4 Å². The number of para-hydroxylation sites is 1. The molecule has 1 amide bonds. The Kier molecular flexibility index (Phi) is 7.78. The van der Waals surface area contributed by atoms with Gasteiger partial charge in [0.15, 0.2) is 0 Å². The van der Waals surface area contributed by atoms with E-state index in [1.54, 1.807) is 37.6 Å². The predicted molar refractivity (Wildman–Crippen MR) is 142 cm³/mol. The summed E-state index contributed by atoms with van der Waals surface area (Å²) in [6.45, 7) is 3.41. The number of methoxy groups -OCH3 is 1. The standard InChI is InChI=1S/C27H31N5O5/c1-30-13-15-31(16-14-30)22-17-19(25(28)33)7-8-21(22)32-12-10-20(24(26(32)34)27(35)36)29-11-9-18-5-3-4-6-23(18)37-2/h3-8,10,12,17,29H,9,11,13-16H2,1-2H3,(H2,28,33)(H,35,36). The van der Waals surface area contributed by atoms with E-state index in [9.17, 15) is 19.5 Å². The highest BCUT2D eigenvalue weighted by Crippen LogP contribution is 2.27. The fraction of sp³-hybridized carbons (Fsp3) is 0.296. The van der Waals surface area contributed by atoms with Crippen LogP contribution in [0.15, 0.2) is 59.5 Å². The van der Waals surface area contributed by atoms with E-state index in [1.807, 2.05) is 31.3 Å². The van der Waals surface area contributed by atoms with Crippen LogP contribution in [0.5, 0.6) is 5.75 Å². The van der Waals surface area contributed by atoms with Crippen LogP contribution in [0.4, 0.5) is 11.4 Å². The number of ether oxygens (including phenoxy) is 1. The molecular formula is C27H31N5O5. The summed E-state index contributed by atoms with van der Waals surface area (Å²) in [5.74, 6) is -1.15. The van der Waals surface area contributed by atoms with Gasteiger partial charge in [-0.2, -0.15) is 0 Å². The van der Waals surface area contributed by atoms with Gasteiger partial charge in [-0.15, -0.1) is 0 Å². The van der Waals surface area contributed by atoms with Crippen molar-refractivity contribution >= 4 is 23.3 Å². The molecule has 1 aliphatic rings. The third kappa shape index (κ3) is 5.59. The van der Waals surface area contributed by atoms with Crippen LogP contribution in [0.3, 0.4) is 0 Å². The highest BCUT2D eigenvalue weighted by molar-refractivity contribution is 5.95. The van der Waals surface area contributed by atoms with Crippen LogP contribution in [0.2, 0.25) is 0 Å². The maximum atomic E-state index is 13.5. The number of nitrogens with one attached hydrogen (secondary N) is 1. The second-order valence-corrected chi connectivity index (χ2v) is 8.93. The molecule has 0 spiro atoms. The number of aromatic nitrogens is 1. The first kappa shape index (κ1) is 25.8. The Morgan fingerprint density at radius 1 is 1.05 bits per heavy atom. The summed E-state index contributed by atoms with van der Waals surface area (Å²) in [5.41, 5.74) is 7.15. The zero-order valence-corrected chi connectivity index (χ0v) is 20.9. The Labute approximate surface area is 214 Å². The van der Waals surface area contributed by atoms with E-state index in [-0.39, 0.29) is 11.3 Å². The number of carbonyl (C=O) groups is 2. The van der Waals surface area contributed by atoms with E-state index in [2.05, 4.69) is 15.1 Å². The minimum atomic E-state index is -1.32. The molecule has 2 aromatic carbocycles. The molecule has 10 nitrogen and oxygen atoms in total. The van der Waals surface area contributed by atoms with Crippen LogP contribution in [0.25, 0.3) is 5.69 Å². The van der Waals surface area contributed by atoms with Crippen molar-refractivity contribution in [2.24, 2.45) is 5.73 Å². The first-order valence-corrected chi connectivity index (χ1v) is 12.0.